The number of amides is 1. The lowest BCUT2D eigenvalue weighted by Crippen LogP contribution is -2.46. The third kappa shape index (κ3) is 4.63. The fourth-order valence-electron chi connectivity index (χ4n) is 2.92. The van der Waals surface area contributed by atoms with Crippen LogP contribution in [0.25, 0.3) is 11.0 Å². The van der Waals surface area contributed by atoms with E-state index in [1.165, 1.54) is 30.0 Å². The molecule has 0 radical (unpaired) electrons. The van der Waals surface area contributed by atoms with Crippen molar-refractivity contribution in [1.29, 1.82) is 0 Å². The topological polar surface area (TPSA) is 86.0 Å². The zero-order chi connectivity index (χ0) is 19.4. The van der Waals surface area contributed by atoms with Crippen LogP contribution in [0.15, 0.2) is 28.9 Å². The van der Waals surface area contributed by atoms with Crippen molar-refractivity contribution in [3.8, 4) is 0 Å². The van der Waals surface area contributed by atoms with Gasteiger partial charge in [-0.25, -0.2) is 0 Å². The van der Waals surface area contributed by atoms with Gasteiger partial charge in [-0.3, -0.25) is 14.4 Å². The first-order valence-corrected chi connectivity index (χ1v) is 9.62. The van der Waals surface area contributed by atoms with Gasteiger partial charge in [-0.15, -0.1) is 11.8 Å². The summed E-state index contributed by atoms with van der Waals surface area (Å²) in [6, 6.07) is 5.75. The molecular formula is C19H21NO6S. The van der Waals surface area contributed by atoms with E-state index >= 15 is 0 Å². The summed E-state index contributed by atoms with van der Waals surface area (Å²) in [6.07, 6.45) is 1.57. The molecule has 0 spiro atoms. The van der Waals surface area contributed by atoms with E-state index in [1.54, 1.807) is 0 Å². The average molecular weight is 391 g/mol. The van der Waals surface area contributed by atoms with Crippen LogP contribution in [-0.4, -0.2) is 60.6 Å². The van der Waals surface area contributed by atoms with Gasteiger partial charge in [0.05, 0.1) is 19.8 Å². The number of fused-ring (bicyclic) bond motifs is 1. The summed E-state index contributed by atoms with van der Waals surface area (Å²) >= 11 is 1.46. The highest BCUT2D eigenvalue weighted by atomic mass is 32.2. The second-order valence-electron chi connectivity index (χ2n) is 6.32. The third-order valence-electron chi connectivity index (χ3n) is 4.39. The SMILES string of the molecule is COC(=O)[C@H]1CN(C(=O)COC(=O)Cc2coc3cc(C)ccc23)CCS1. The number of methoxy groups -OCH3 is 1. The molecule has 144 valence electrons. The molecule has 0 aliphatic carbocycles. The molecule has 1 amide bonds. The third-order valence-corrected chi connectivity index (χ3v) is 5.55. The number of esters is 2. The van der Waals surface area contributed by atoms with Crippen molar-refractivity contribution in [3.63, 3.8) is 0 Å². The Kier molecular flexibility index (Phi) is 6.05. The Morgan fingerprint density at radius 2 is 2.15 bits per heavy atom. The molecule has 27 heavy (non-hydrogen) atoms. The molecule has 1 saturated heterocycles. The first-order valence-electron chi connectivity index (χ1n) is 8.57. The Morgan fingerprint density at radius 3 is 2.93 bits per heavy atom. The molecule has 0 unspecified atom stereocenters. The number of furan rings is 1. The number of rotatable bonds is 5. The van der Waals surface area contributed by atoms with Crippen LogP contribution in [0.4, 0.5) is 0 Å². The highest BCUT2D eigenvalue weighted by Crippen LogP contribution is 2.23. The van der Waals surface area contributed by atoms with E-state index < -0.39 is 11.2 Å². The van der Waals surface area contributed by atoms with Gasteiger partial charge in [0.25, 0.3) is 5.91 Å². The van der Waals surface area contributed by atoms with Crippen LogP contribution in [0.3, 0.4) is 0 Å². The van der Waals surface area contributed by atoms with Gasteiger partial charge in [-0.05, 0) is 18.6 Å². The van der Waals surface area contributed by atoms with E-state index in [0.717, 1.165) is 16.5 Å². The molecule has 7 nitrogen and oxygen atoms in total. The minimum absolute atomic E-state index is 0.0317. The fraction of sp³-hybridized carbons (Fsp3) is 0.421. The number of nitrogens with zero attached hydrogens (tertiary/aromatic N) is 1. The first-order chi connectivity index (χ1) is 13.0. The van der Waals surface area contributed by atoms with Crippen molar-refractivity contribution in [2.24, 2.45) is 0 Å². The Morgan fingerprint density at radius 1 is 1.33 bits per heavy atom. The second-order valence-corrected chi connectivity index (χ2v) is 7.63. The van der Waals surface area contributed by atoms with Gasteiger partial charge in [0.15, 0.2) is 6.61 Å². The fourth-order valence-corrected chi connectivity index (χ4v) is 4.05. The lowest BCUT2D eigenvalue weighted by molar-refractivity contribution is -0.152. The quantitative estimate of drug-likeness (QED) is 0.720. The van der Waals surface area contributed by atoms with Crippen LogP contribution in [0, 0.1) is 6.92 Å². The number of aryl methyl sites for hydroxylation is 1. The molecule has 0 saturated carbocycles. The Balaban J connectivity index is 1.52. The average Bonchev–Trinajstić information content (AvgIpc) is 3.07. The monoisotopic (exact) mass is 391 g/mol. The van der Waals surface area contributed by atoms with Gasteiger partial charge < -0.3 is 18.8 Å². The summed E-state index contributed by atoms with van der Waals surface area (Å²) in [7, 11) is 1.33. The molecule has 0 bridgehead atoms. The maximum Gasteiger partial charge on any atom is 0.320 e. The Hall–Kier alpha value is -2.48. The summed E-state index contributed by atoms with van der Waals surface area (Å²) in [5, 5.41) is 0.460. The van der Waals surface area contributed by atoms with Crippen molar-refractivity contribution in [3.05, 3.63) is 35.6 Å². The highest BCUT2D eigenvalue weighted by Gasteiger charge is 2.30. The van der Waals surface area contributed by atoms with Gasteiger partial charge in [-0.1, -0.05) is 12.1 Å². The Labute approximate surface area is 161 Å². The lowest BCUT2D eigenvalue weighted by Gasteiger charge is -2.30. The molecule has 1 aliphatic rings. The summed E-state index contributed by atoms with van der Waals surface area (Å²) < 4.78 is 15.3. The van der Waals surface area contributed by atoms with Gasteiger partial charge in [-0.2, -0.15) is 0 Å². The lowest BCUT2D eigenvalue weighted by atomic mass is 10.1. The van der Waals surface area contributed by atoms with Crippen molar-refractivity contribution in [1.82, 2.24) is 4.90 Å². The highest BCUT2D eigenvalue weighted by molar-refractivity contribution is 8.00. The van der Waals surface area contributed by atoms with E-state index in [0.29, 0.717) is 17.9 Å². The summed E-state index contributed by atoms with van der Waals surface area (Å²) in [6.45, 7) is 2.40. The molecule has 0 N–H and O–H groups in total. The van der Waals surface area contributed by atoms with E-state index in [9.17, 15) is 14.4 Å². The van der Waals surface area contributed by atoms with Crippen LogP contribution in [-0.2, 0) is 30.3 Å². The molecule has 1 aromatic heterocycles. The molecule has 8 heteroatoms. The van der Waals surface area contributed by atoms with Gasteiger partial charge >= 0.3 is 11.9 Å². The van der Waals surface area contributed by atoms with Gasteiger partial charge in [0.1, 0.15) is 10.8 Å². The van der Waals surface area contributed by atoms with Crippen molar-refractivity contribution >= 4 is 40.6 Å². The molecule has 3 rings (SSSR count). The van der Waals surface area contributed by atoms with E-state index in [4.69, 9.17) is 13.9 Å². The normalized spacial score (nSPS) is 17.0. The van der Waals surface area contributed by atoms with Gasteiger partial charge in [0.2, 0.25) is 0 Å². The van der Waals surface area contributed by atoms with Crippen LogP contribution in [0.2, 0.25) is 0 Å². The molecule has 2 aromatic rings. The standard InChI is InChI=1S/C19H21NO6S/c1-12-3-4-14-13(10-25-15(14)7-12)8-18(22)26-11-17(21)20-5-6-27-16(9-20)19(23)24-2/h3-4,7,10,16H,5-6,8-9,11H2,1-2H3/t16-/m1/s1. The Bertz CT molecular complexity index is 861. The number of ether oxygens (including phenoxy) is 2. The minimum Gasteiger partial charge on any atom is -0.468 e. The number of hydrogen-bond acceptors (Lipinski definition) is 7. The maximum absolute atomic E-state index is 12.3. The second kappa shape index (κ2) is 8.47. The maximum atomic E-state index is 12.3. The number of benzene rings is 1. The zero-order valence-electron chi connectivity index (χ0n) is 15.2. The predicted molar refractivity (Wildman–Crippen MR) is 100 cm³/mol. The molecule has 2 heterocycles. The van der Waals surface area contributed by atoms with Crippen molar-refractivity contribution < 1.29 is 28.3 Å². The van der Waals surface area contributed by atoms with Crippen molar-refractivity contribution in [2.45, 2.75) is 18.6 Å². The molecule has 1 aromatic carbocycles. The summed E-state index contributed by atoms with van der Waals surface area (Å²) in [5.41, 5.74) is 2.51. The summed E-state index contributed by atoms with van der Waals surface area (Å²) in [5.74, 6) is -0.524. The summed E-state index contributed by atoms with van der Waals surface area (Å²) in [4.78, 5) is 37.6. The number of carbonyl (C=O) groups is 3. The van der Waals surface area contributed by atoms with Gasteiger partial charge in [0, 0.05) is 29.8 Å². The number of carbonyl (C=O) groups excluding carboxylic acids is 3. The largest absolute Gasteiger partial charge is 0.468 e. The molecule has 1 fully saturated rings. The predicted octanol–water partition coefficient (Wildman–Crippen LogP) is 1.94. The first kappa shape index (κ1) is 19.3. The van der Waals surface area contributed by atoms with Crippen LogP contribution >= 0.6 is 11.8 Å². The van der Waals surface area contributed by atoms with Crippen molar-refractivity contribution in [2.75, 3.05) is 32.6 Å². The van der Waals surface area contributed by atoms with E-state index in [-0.39, 0.29) is 31.4 Å². The molecule has 1 atom stereocenters. The van der Waals surface area contributed by atoms with Crippen LogP contribution in [0.5, 0.6) is 0 Å². The van der Waals surface area contributed by atoms with Crippen LogP contribution in [0.1, 0.15) is 11.1 Å². The number of thioether (sulfide) groups is 1. The minimum atomic E-state index is -0.498. The smallest absolute Gasteiger partial charge is 0.320 e. The molecular weight excluding hydrogens is 370 g/mol. The van der Waals surface area contributed by atoms with E-state index in [2.05, 4.69) is 0 Å². The van der Waals surface area contributed by atoms with Crippen LogP contribution < -0.4 is 0 Å². The zero-order valence-corrected chi connectivity index (χ0v) is 16.0. The van der Waals surface area contributed by atoms with E-state index in [1.807, 2.05) is 25.1 Å². The number of hydrogen-bond donors (Lipinski definition) is 0. The molecule has 1 aliphatic heterocycles.